The lowest BCUT2D eigenvalue weighted by Crippen LogP contribution is -2.58. The van der Waals surface area contributed by atoms with Crippen LogP contribution in [-0.2, 0) is 4.12 Å². The van der Waals surface area contributed by atoms with Gasteiger partial charge in [0.2, 0.25) is 45.2 Å². The largest absolute Gasteiger partial charge is 0.882 e. The molecule has 0 unspecified atom stereocenters. The van der Waals surface area contributed by atoms with Crippen LogP contribution in [-0.4, -0.2) is 96.9 Å². The zero-order chi connectivity index (χ0) is 47.5. The second-order valence-electron chi connectivity index (χ2n) is 13.7. The Morgan fingerprint density at radius 2 is 0.561 bits per heavy atom. The van der Waals surface area contributed by atoms with Gasteiger partial charge in [-0.05, 0) is 109 Å². The Hall–Kier alpha value is -8.07. The first-order chi connectivity index (χ1) is 31.8. The van der Waals surface area contributed by atoms with Gasteiger partial charge in [-0.15, -0.1) is 0 Å². The fraction of sp³-hybridized carbons (Fsp3) is 0.125. The van der Waals surface area contributed by atoms with Crippen LogP contribution in [0.15, 0.2) is 127 Å². The Kier molecular flexibility index (Phi) is 15.1. The van der Waals surface area contributed by atoms with E-state index in [4.69, 9.17) is 45.8 Å². The van der Waals surface area contributed by atoms with Crippen molar-refractivity contribution in [2.24, 2.45) is 0 Å². The maximum absolute atomic E-state index is 14.1. The van der Waals surface area contributed by atoms with Crippen LogP contribution in [0, 0.1) is 0 Å². The maximum Gasteiger partial charge on any atom is 0.882 e. The fourth-order valence-corrected chi connectivity index (χ4v) is 8.16. The third-order valence-electron chi connectivity index (χ3n) is 9.81. The second-order valence-corrected chi connectivity index (χ2v) is 16.1. The van der Waals surface area contributed by atoms with E-state index in [1.54, 1.807) is 0 Å². The first-order valence-electron chi connectivity index (χ1n) is 19.5. The summed E-state index contributed by atoms with van der Waals surface area (Å²) in [4.78, 5) is 83.6. The molecule has 0 aliphatic rings. The van der Waals surface area contributed by atoms with Crippen molar-refractivity contribution in [3.8, 4) is 51.7 Å². The molecule has 6 aromatic carbocycles. The molecule has 16 nitrogen and oxygen atoms in total. The Bertz CT molecular complexity index is 2490. The van der Waals surface area contributed by atoms with E-state index in [0.717, 1.165) is 0 Å². The van der Waals surface area contributed by atoms with Gasteiger partial charge in [0.1, 0.15) is 51.7 Å². The number of Topliss-reactive ketones (excluding diaryl/α,β-unsaturated/α-hetero) is 6. The standard InChI is InChI=1S/C48H39O16Si2/c1-55-31-13-7-28(8-14-31)43(49)46(52)37-22-19-34(58-4)25-40(37)61-66(64-65,62-41-26-35(59-5)20-23-38(41)47(53)44(50)29-9-15-32(56-2)16-10-29)63-42-27-36(60-6)21-24-39(42)48(54)45(51)30-11-17-33(57-3)18-12-30/h7-27H,1-6H3. The monoisotopic (exact) mass is 927 g/mol. The highest BCUT2D eigenvalue weighted by molar-refractivity contribution is 6.60. The van der Waals surface area contributed by atoms with Crippen molar-refractivity contribution in [1.29, 1.82) is 0 Å². The highest BCUT2D eigenvalue weighted by Gasteiger charge is 2.55. The van der Waals surface area contributed by atoms with Crippen molar-refractivity contribution in [2.75, 3.05) is 42.7 Å². The fourth-order valence-electron chi connectivity index (χ4n) is 6.22. The lowest BCUT2D eigenvalue weighted by molar-refractivity contribution is 0.0809. The predicted molar refractivity (Wildman–Crippen MR) is 238 cm³/mol. The molecule has 6 aromatic rings. The van der Waals surface area contributed by atoms with Gasteiger partial charge in [0.15, 0.2) is 0 Å². The van der Waals surface area contributed by atoms with Gasteiger partial charge in [0.25, 0.3) is 0 Å². The minimum absolute atomic E-state index is 0.0112. The molecule has 0 heterocycles. The number of hydrogen-bond acceptors (Lipinski definition) is 16. The van der Waals surface area contributed by atoms with E-state index in [1.807, 2.05) is 0 Å². The van der Waals surface area contributed by atoms with Crippen LogP contribution in [0.1, 0.15) is 62.1 Å². The van der Waals surface area contributed by atoms with Gasteiger partial charge in [-0.3, -0.25) is 28.8 Å². The average molecular weight is 928 g/mol. The van der Waals surface area contributed by atoms with Crippen LogP contribution >= 0.6 is 0 Å². The predicted octanol–water partition coefficient (Wildman–Crippen LogP) is 7.01. The van der Waals surface area contributed by atoms with Crippen LogP contribution in [0.5, 0.6) is 51.7 Å². The van der Waals surface area contributed by atoms with Crippen molar-refractivity contribution in [3.05, 3.63) is 161 Å². The smallest absolute Gasteiger partial charge is 0.497 e. The summed E-state index contributed by atoms with van der Waals surface area (Å²) in [5, 5.41) is 0. The van der Waals surface area contributed by atoms with Crippen molar-refractivity contribution >= 4 is 54.2 Å². The number of hydrogen-bond donors (Lipinski definition) is 0. The molecule has 0 aromatic heterocycles. The van der Waals surface area contributed by atoms with Crippen molar-refractivity contribution in [2.45, 2.75) is 0 Å². The lowest BCUT2D eigenvalue weighted by Gasteiger charge is -2.29. The van der Waals surface area contributed by atoms with Gasteiger partial charge < -0.3 is 45.8 Å². The quantitative estimate of drug-likeness (QED) is 0.0383. The third-order valence-corrected chi connectivity index (χ3v) is 12.2. The molecule has 0 fully saturated rings. The van der Waals surface area contributed by atoms with Gasteiger partial charge in [-0.2, -0.15) is 0 Å². The number of ether oxygens (including phenoxy) is 6. The summed E-state index contributed by atoms with van der Waals surface area (Å²) in [6.07, 6.45) is 0. The average Bonchev–Trinajstić information content (AvgIpc) is 3.37. The van der Waals surface area contributed by atoms with Gasteiger partial charge in [0, 0.05) is 34.9 Å². The summed E-state index contributed by atoms with van der Waals surface area (Å²) in [5.41, 5.74) is -0.973. The summed E-state index contributed by atoms with van der Waals surface area (Å²) in [6, 6.07) is 29.1. The molecule has 0 bridgehead atoms. The summed E-state index contributed by atoms with van der Waals surface area (Å²) in [6.45, 7) is 0. The second kappa shape index (κ2) is 21.1. The first kappa shape index (κ1) is 47.4. The van der Waals surface area contributed by atoms with Crippen LogP contribution < -0.4 is 41.7 Å². The van der Waals surface area contributed by atoms with E-state index in [1.165, 1.54) is 170 Å². The molecule has 0 spiro atoms. The number of carbonyl (C=O) groups is 6. The van der Waals surface area contributed by atoms with E-state index >= 15 is 0 Å². The number of rotatable bonds is 22. The Morgan fingerprint density at radius 3 is 0.773 bits per heavy atom. The molecule has 0 amide bonds. The van der Waals surface area contributed by atoms with Gasteiger partial charge in [-0.25, -0.2) is 0 Å². The summed E-state index contributed by atoms with van der Waals surface area (Å²) in [7, 11) is 6.09. The lowest BCUT2D eigenvalue weighted by atomic mass is 10.0. The molecule has 0 saturated heterocycles. The van der Waals surface area contributed by atoms with Gasteiger partial charge in [-0.1, -0.05) is 0 Å². The molecule has 0 saturated carbocycles. The topological polar surface area (TPSA) is 195 Å². The zero-order valence-electron chi connectivity index (χ0n) is 36.2. The normalized spacial score (nSPS) is 10.8. The van der Waals surface area contributed by atoms with Crippen LogP contribution in [0.4, 0.5) is 0 Å². The number of methoxy groups -OCH3 is 6. The number of ketones is 6. The van der Waals surface area contributed by atoms with Crippen LogP contribution in [0.3, 0.4) is 0 Å². The molecular weight excluding hydrogens is 889 g/mol. The van der Waals surface area contributed by atoms with Crippen molar-refractivity contribution in [3.63, 3.8) is 0 Å². The third kappa shape index (κ3) is 10.5. The molecule has 3 radical (unpaired) electrons. The Labute approximate surface area is 382 Å². The molecule has 0 aliphatic carbocycles. The summed E-state index contributed by atoms with van der Waals surface area (Å²) in [5.74, 6) is -5.52. The molecular formula is C48H39O16Si2. The molecule has 0 N–H and O–H groups in total. The van der Waals surface area contributed by atoms with Gasteiger partial charge in [0.05, 0.1) is 59.3 Å². The Balaban J connectivity index is 1.53. The van der Waals surface area contributed by atoms with E-state index < -0.39 is 61.0 Å². The minimum Gasteiger partial charge on any atom is -0.497 e. The maximum atomic E-state index is 14.1. The summed E-state index contributed by atoms with van der Waals surface area (Å²) < 4.78 is 57.2. The number of benzene rings is 6. The number of carbonyl (C=O) groups excluding carboxylic acids is 6. The van der Waals surface area contributed by atoms with E-state index in [-0.39, 0.29) is 50.6 Å². The van der Waals surface area contributed by atoms with E-state index in [0.29, 0.717) is 17.2 Å². The molecule has 335 valence electrons. The zero-order valence-corrected chi connectivity index (χ0v) is 38.2. The van der Waals surface area contributed by atoms with Crippen molar-refractivity contribution < 1.29 is 74.6 Å². The van der Waals surface area contributed by atoms with Crippen LogP contribution in [0.2, 0.25) is 0 Å². The molecule has 0 aliphatic heterocycles. The minimum atomic E-state index is -5.30. The van der Waals surface area contributed by atoms with Crippen LogP contribution in [0.25, 0.3) is 0 Å². The van der Waals surface area contributed by atoms with E-state index in [2.05, 4.69) is 10.5 Å². The Morgan fingerprint density at radius 1 is 0.333 bits per heavy atom. The molecule has 0 atom stereocenters. The summed E-state index contributed by atoms with van der Waals surface area (Å²) >= 11 is 0. The highest BCUT2D eigenvalue weighted by Crippen LogP contribution is 2.36. The van der Waals surface area contributed by atoms with Crippen molar-refractivity contribution in [1.82, 2.24) is 0 Å². The molecule has 6 rings (SSSR count). The molecule has 18 heteroatoms. The van der Waals surface area contributed by atoms with Gasteiger partial charge >= 0.3 is 9.05 Å². The SMILES string of the molecule is COc1ccc(C(=O)C(=O)c2ccc(OC)cc2O[Si](O[Si])(Oc2cc(OC)ccc2C(=O)C(=O)c2ccc(OC)cc2)Oc2cc(OC)ccc2C(=O)C(=O)c2ccc(OC)cc2)cc1. The molecule has 66 heavy (non-hydrogen) atoms. The van der Waals surface area contributed by atoms with E-state index in [9.17, 15) is 28.8 Å². The first-order valence-corrected chi connectivity index (χ1v) is 21.5. The highest BCUT2D eigenvalue weighted by atomic mass is 28.4.